The number of hydrogen-bond acceptors (Lipinski definition) is 4. The first kappa shape index (κ1) is 38.3. The minimum Gasteiger partial charge on any atom is -0.457 e. The van der Waals surface area contributed by atoms with Crippen LogP contribution in [-0.4, -0.2) is 16.2 Å². The second-order valence-electron chi connectivity index (χ2n) is 20.0. The maximum absolute atomic E-state index is 6.78. The van der Waals surface area contributed by atoms with Gasteiger partial charge in [-0.15, -0.1) is 0 Å². The van der Waals surface area contributed by atoms with Gasteiger partial charge in [0.2, 0.25) is 0 Å². The summed E-state index contributed by atoms with van der Waals surface area (Å²) in [5, 5.41) is 2.45. The molecule has 5 heteroatoms. The highest BCUT2D eigenvalue weighted by molar-refractivity contribution is 6.11. The van der Waals surface area contributed by atoms with E-state index >= 15 is 0 Å². The summed E-state index contributed by atoms with van der Waals surface area (Å²) < 4.78 is 9.09. The lowest BCUT2D eigenvalue weighted by atomic mass is 9.80. The van der Waals surface area contributed by atoms with Gasteiger partial charge in [0, 0.05) is 40.5 Å². The molecule has 0 N–H and O–H groups in total. The van der Waals surface area contributed by atoms with E-state index in [-0.39, 0.29) is 21.7 Å². The van der Waals surface area contributed by atoms with Crippen LogP contribution in [0.5, 0.6) is 11.5 Å². The van der Waals surface area contributed by atoms with Crippen LogP contribution >= 0.6 is 0 Å². The van der Waals surface area contributed by atoms with Gasteiger partial charge in [-0.05, 0) is 111 Å². The van der Waals surface area contributed by atoms with E-state index in [1.165, 1.54) is 50.1 Å². The maximum Gasteiger partial charge on any atom is 0.137 e. The van der Waals surface area contributed by atoms with Gasteiger partial charge in [-0.25, -0.2) is 4.98 Å². The molecule has 0 atom stereocenters. The van der Waals surface area contributed by atoms with Gasteiger partial charge in [-0.3, -0.25) is 4.57 Å². The van der Waals surface area contributed by atoms with Crippen LogP contribution in [0.1, 0.15) is 105 Å². The largest absolute Gasteiger partial charge is 0.457 e. The lowest BCUT2D eigenvalue weighted by molar-refractivity contribution is 0.483. The van der Waals surface area contributed by atoms with Crippen molar-refractivity contribution in [2.45, 2.75) is 105 Å². The second-order valence-corrected chi connectivity index (χ2v) is 20.0. The standard InChI is InChI=1S/C52H58N4O/c1-49(2,3)34-25-26-53-47(30-34)56-45-22-16-19-42(52(10,11)12)48(45)41-24-23-40(32-46(41)56)57-39-18-15-17-37(31-39)54-33-55(44-21-14-13-20-43(44)54)38-28-35(50(4,5)6)27-36(29-38)51(7,8)9/h13-32H,33H2,1-12H3. The molecule has 0 bridgehead atoms. The van der Waals surface area contributed by atoms with E-state index < -0.39 is 0 Å². The van der Waals surface area contributed by atoms with E-state index in [1.54, 1.807) is 0 Å². The normalized spacial score (nSPS) is 13.8. The molecular weight excluding hydrogens is 697 g/mol. The van der Waals surface area contributed by atoms with Gasteiger partial charge in [0.05, 0.1) is 22.4 Å². The average Bonchev–Trinajstić information content (AvgIpc) is 3.69. The van der Waals surface area contributed by atoms with Crippen LogP contribution in [-0.2, 0) is 21.7 Å². The third-order valence-corrected chi connectivity index (χ3v) is 11.5. The third-order valence-electron chi connectivity index (χ3n) is 11.5. The van der Waals surface area contributed by atoms with Crippen LogP contribution in [0.15, 0.2) is 121 Å². The molecule has 0 fully saturated rings. The highest BCUT2D eigenvalue weighted by Crippen LogP contribution is 2.47. The van der Waals surface area contributed by atoms with Gasteiger partial charge in [0.1, 0.15) is 24.0 Å². The molecule has 0 aliphatic carbocycles. The molecule has 3 heterocycles. The molecule has 0 saturated heterocycles. The second kappa shape index (κ2) is 13.5. The molecule has 0 saturated carbocycles. The molecular formula is C52H58N4O. The van der Waals surface area contributed by atoms with Crippen LogP contribution in [0.4, 0.5) is 22.7 Å². The summed E-state index contributed by atoms with van der Waals surface area (Å²) >= 11 is 0. The molecule has 0 amide bonds. The zero-order valence-corrected chi connectivity index (χ0v) is 36.0. The SMILES string of the molecule is CC(C)(C)c1cc(N2CN(c3cccc(Oc4ccc5c6c(C(C)(C)C)cccc6n(-c6cc(C(C)(C)C)ccn6)c5c4)c3)c3ccccc32)cc(C(C)(C)C)c1. The lowest BCUT2D eigenvalue weighted by Gasteiger charge is -2.29. The molecule has 1 aliphatic heterocycles. The van der Waals surface area contributed by atoms with E-state index in [4.69, 9.17) is 9.72 Å². The molecule has 0 radical (unpaired) electrons. The number of para-hydroxylation sites is 2. The van der Waals surface area contributed by atoms with Crippen LogP contribution in [0.3, 0.4) is 0 Å². The topological polar surface area (TPSA) is 33.5 Å². The van der Waals surface area contributed by atoms with Gasteiger partial charge in [-0.2, -0.15) is 0 Å². The summed E-state index contributed by atoms with van der Waals surface area (Å²) in [6.07, 6.45) is 1.94. The number of nitrogens with zero attached hydrogens (tertiary/aromatic N) is 4. The van der Waals surface area contributed by atoms with Crippen LogP contribution < -0.4 is 14.5 Å². The van der Waals surface area contributed by atoms with Gasteiger partial charge >= 0.3 is 0 Å². The molecule has 0 spiro atoms. The fourth-order valence-electron chi connectivity index (χ4n) is 8.13. The number of ether oxygens (including phenoxy) is 1. The Hall–Kier alpha value is -5.55. The molecule has 292 valence electrons. The summed E-state index contributed by atoms with van der Waals surface area (Å²) in [6.45, 7) is 28.1. The van der Waals surface area contributed by atoms with Crippen molar-refractivity contribution < 1.29 is 4.74 Å². The van der Waals surface area contributed by atoms with Gasteiger partial charge in [0.15, 0.2) is 0 Å². The molecule has 8 rings (SSSR count). The summed E-state index contributed by atoms with van der Waals surface area (Å²) in [6, 6.07) is 41.9. The van der Waals surface area contributed by atoms with Crippen LogP contribution in [0, 0.1) is 0 Å². The Morgan fingerprint density at radius 2 is 1.11 bits per heavy atom. The minimum absolute atomic E-state index is 0.00890. The zero-order valence-electron chi connectivity index (χ0n) is 36.0. The van der Waals surface area contributed by atoms with Crippen molar-refractivity contribution in [1.29, 1.82) is 0 Å². The van der Waals surface area contributed by atoms with E-state index in [0.717, 1.165) is 34.0 Å². The van der Waals surface area contributed by atoms with Crippen molar-refractivity contribution in [2.75, 3.05) is 16.5 Å². The van der Waals surface area contributed by atoms with Crippen LogP contribution in [0.25, 0.3) is 27.6 Å². The molecule has 57 heavy (non-hydrogen) atoms. The van der Waals surface area contributed by atoms with Crippen molar-refractivity contribution in [3.63, 3.8) is 0 Å². The fourth-order valence-corrected chi connectivity index (χ4v) is 8.13. The van der Waals surface area contributed by atoms with Crippen molar-refractivity contribution >= 4 is 44.6 Å². The number of fused-ring (bicyclic) bond motifs is 4. The zero-order chi connectivity index (χ0) is 40.7. The predicted molar refractivity (Wildman–Crippen MR) is 242 cm³/mol. The van der Waals surface area contributed by atoms with Crippen molar-refractivity contribution in [3.05, 3.63) is 144 Å². The predicted octanol–water partition coefficient (Wildman–Crippen LogP) is 14.4. The molecule has 0 unspecified atom stereocenters. The summed E-state index contributed by atoms with van der Waals surface area (Å²) in [5.74, 6) is 2.48. The van der Waals surface area contributed by atoms with E-state index in [2.05, 4.69) is 213 Å². The molecule has 5 aromatic carbocycles. The smallest absolute Gasteiger partial charge is 0.137 e. The first-order chi connectivity index (χ1) is 26.8. The minimum atomic E-state index is -0.0387. The van der Waals surface area contributed by atoms with Crippen molar-refractivity contribution in [2.24, 2.45) is 0 Å². The Kier molecular flexibility index (Phi) is 9.11. The summed E-state index contributed by atoms with van der Waals surface area (Å²) in [7, 11) is 0. The summed E-state index contributed by atoms with van der Waals surface area (Å²) in [5.41, 5.74) is 12.2. The molecule has 2 aromatic heterocycles. The Labute approximate surface area is 339 Å². The van der Waals surface area contributed by atoms with Crippen molar-refractivity contribution in [1.82, 2.24) is 9.55 Å². The van der Waals surface area contributed by atoms with E-state index in [0.29, 0.717) is 6.67 Å². The van der Waals surface area contributed by atoms with Gasteiger partial charge < -0.3 is 14.5 Å². The molecule has 7 aromatic rings. The number of hydrogen-bond donors (Lipinski definition) is 0. The highest BCUT2D eigenvalue weighted by atomic mass is 16.5. The highest BCUT2D eigenvalue weighted by Gasteiger charge is 2.31. The Bertz CT molecular complexity index is 2610. The van der Waals surface area contributed by atoms with E-state index in [9.17, 15) is 0 Å². The quantitative estimate of drug-likeness (QED) is 0.175. The van der Waals surface area contributed by atoms with Crippen molar-refractivity contribution in [3.8, 4) is 17.3 Å². The summed E-state index contributed by atoms with van der Waals surface area (Å²) in [4.78, 5) is 9.80. The number of rotatable bonds is 5. The third kappa shape index (κ3) is 7.18. The Balaban J connectivity index is 1.19. The first-order valence-corrected chi connectivity index (χ1v) is 20.4. The average molecular weight is 755 g/mol. The van der Waals surface area contributed by atoms with Gasteiger partial charge in [0.25, 0.3) is 0 Å². The molecule has 1 aliphatic rings. The number of anilines is 4. The van der Waals surface area contributed by atoms with Gasteiger partial charge in [-0.1, -0.05) is 119 Å². The first-order valence-electron chi connectivity index (χ1n) is 20.4. The Morgan fingerprint density at radius 1 is 0.491 bits per heavy atom. The molecule has 5 nitrogen and oxygen atoms in total. The maximum atomic E-state index is 6.78. The van der Waals surface area contributed by atoms with Crippen LogP contribution in [0.2, 0.25) is 0 Å². The number of aromatic nitrogens is 2. The fraction of sp³-hybridized carbons (Fsp3) is 0.327. The van der Waals surface area contributed by atoms with E-state index in [1.807, 2.05) is 6.20 Å². The lowest BCUT2D eigenvalue weighted by Crippen LogP contribution is -2.25. The number of pyridine rings is 1. The Morgan fingerprint density at radius 3 is 1.74 bits per heavy atom. The monoisotopic (exact) mass is 754 g/mol. The number of benzene rings is 5.